The van der Waals surface area contributed by atoms with Crippen molar-refractivity contribution in [3.63, 3.8) is 0 Å². The number of nitrogens with zero attached hydrogens (tertiary/aromatic N) is 1. The van der Waals surface area contributed by atoms with E-state index in [4.69, 9.17) is 11.6 Å². The Hall–Kier alpha value is -0.740. The molecule has 5 heteroatoms. The van der Waals surface area contributed by atoms with Gasteiger partial charge in [0.15, 0.2) is 9.84 Å². The van der Waals surface area contributed by atoms with Crippen LogP contribution in [-0.2, 0) is 9.84 Å². The van der Waals surface area contributed by atoms with Crippen molar-refractivity contribution in [1.29, 1.82) is 0 Å². The minimum Gasteiger partial charge on any atom is -0.373 e. The number of rotatable bonds is 7. The van der Waals surface area contributed by atoms with Crippen molar-refractivity contribution in [2.24, 2.45) is 0 Å². The Morgan fingerprint density at radius 3 is 2.53 bits per heavy atom. The van der Waals surface area contributed by atoms with E-state index in [0.717, 1.165) is 18.7 Å². The molecule has 19 heavy (non-hydrogen) atoms. The van der Waals surface area contributed by atoms with Gasteiger partial charge in [-0.25, -0.2) is 8.42 Å². The summed E-state index contributed by atoms with van der Waals surface area (Å²) < 4.78 is 24.5. The molecule has 1 rings (SSSR count). The first-order valence-electron chi connectivity index (χ1n) is 6.55. The third-order valence-corrected chi connectivity index (χ3v) is 5.13. The second kappa shape index (κ2) is 7.15. The van der Waals surface area contributed by atoms with Crippen LogP contribution in [0.3, 0.4) is 0 Å². The first-order chi connectivity index (χ1) is 8.88. The maximum Gasteiger partial charge on any atom is 0.180 e. The van der Waals surface area contributed by atoms with Crippen molar-refractivity contribution in [3.8, 4) is 0 Å². The summed E-state index contributed by atoms with van der Waals surface area (Å²) in [7, 11) is -1.30. The van der Waals surface area contributed by atoms with Crippen molar-refractivity contribution >= 4 is 27.1 Å². The quantitative estimate of drug-likeness (QED) is 0.725. The van der Waals surface area contributed by atoms with Gasteiger partial charge in [0.25, 0.3) is 0 Å². The van der Waals surface area contributed by atoms with Gasteiger partial charge in [0.1, 0.15) is 0 Å². The lowest BCUT2D eigenvalue weighted by atomic mass is 10.2. The zero-order valence-electron chi connectivity index (χ0n) is 11.8. The van der Waals surface area contributed by atoms with Gasteiger partial charge in [0.2, 0.25) is 0 Å². The van der Waals surface area contributed by atoms with Crippen LogP contribution < -0.4 is 4.90 Å². The molecule has 1 aromatic carbocycles. The van der Waals surface area contributed by atoms with E-state index in [-0.39, 0.29) is 11.1 Å². The molecule has 0 amide bonds. The number of hydrogen-bond acceptors (Lipinski definition) is 3. The third-order valence-electron chi connectivity index (χ3n) is 2.95. The second-order valence-electron chi connectivity index (χ2n) is 4.78. The van der Waals surface area contributed by atoms with Gasteiger partial charge in [0.05, 0.1) is 16.3 Å². The molecule has 1 aromatic rings. The lowest BCUT2D eigenvalue weighted by Gasteiger charge is -2.22. The van der Waals surface area contributed by atoms with Gasteiger partial charge in [-0.1, -0.05) is 19.1 Å². The van der Waals surface area contributed by atoms with E-state index in [1.165, 1.54) is 0 Å². The molecular weight excluding hydrogens is 282 g/mol. The van der Waals surface area contributed by atoms with Crippen molar-refractivity contribution in [2.45, 2.75) is 37.0 Å². The van der Waals surface area contributed by atoms with E-state index >= 15 is 0 Å². The number of benzene rings is 1. The number of sulfone groups is 1. The van der Waals surface area contributed by atoms with Crippen LogP contribution in [0.25, 0.3) is 0 Å². The highest BCUT2D eigenvalue weighted by Gasteiger charge is 2.19. The molecular formula is C14H22ClNO2S. The van der Waals surface area contributed by atoms with Crippen molar-refractivity contribution in [3.05, 3.63) is 24.3 Å². The summed E-state index contributed by atoms with van der Waals surface area (Å²) in [6.45, 7) is 4.55. The number of halogens is 1. The van der Waals surface area contributed by atoms with Gasteiger partial charge in [-0.2, -0.15) is 0 Å². The second-order valence-corrected chi connectivity index (χ2v) is 7.60. The standard InChI is InChI=1S/C14H22ClNO2S/c1-4-11-19(17,18)14-8-6-5-7-13(14)16(3)10-9-12(2)15/h5-8,12H,4,9-11H2,1-3H3. The fraction of sp³-hybridized carbons (Fsp3) is 0.571. The molecule has 0 aliphatic rings. The fourth-order valence-electron chi connectivity index (χ4n) is 1.91. The molecule has 0 saturated heterocycles. The molecule has 0 spiro atoms. The van der Waals surface area contributed by atoms with Gasteiger partial charge in [-0.3, -0.25) is 0 Å². The monoisotopic (exact) mass is 303 g/mol. The van der Waals surface area contributed by atoms with Crippen LogP contribution in [-0.4, -0.2) is 33.1 Å². The summed E-state index contributed by atoms with van der Waals surface area (Å²) in [4.78, 5) is 2.38. The van der Waals surface area contributed by atoms with E-state index in [1.807, 2.05) is 37.9 Å². The smallest absolute Gasteiger partial charge is 0.180 e. The van der Waals surface area contributed by atoms with Crippen LogP contribution in [0.4, 0.5) is 5.69 Å². The number of alkyl halides is 1. The summed E-state index contributed by atoms with van der Waals surface area (Å²) in [5.74, 6) is 0.184. The molecule has 0 aromatic heterocycles. The molecule has 3 nitrogen and oxygen atoms in total. The fourth-order valence-corrected chi connectivity index (χ4v) is 3.59. The van der Waals surface area contributed by atoms with Crippen molar-refractivity contribution in [1.82, 2.24) is 0 Å². The van der Waals surface area contributed by atoms with Crippen LogP contribution in [0.5, 0.6) is 0 Å². The van der Waals surface area contributed by atoms with Gasteiger partial charge < -0.3 is 4.90 Å². The van der Waals surface area contributed by atoms with Crippen molar-refractivity contribution in [2.75, 3.05) is 24.2 Å². The predicted molar refractivity (Wildman–Crippen MR) is 82.0 cm³/mol. The maximum absolute atomic E-state index is 12.2. The SMILES string of the molecule is CCCS(=O)(=O)c1ccccc1N(C)CCC(C)Cl. The van der Waals surface area contributed by atoms with Crippen LogP contribution in [0, 0.1) is 0 Å². The van der Waals surface area contributed by atoms with Gasteiger partial charge in [-0.15, -0.1) is 11.6 Å². The van der Waals surface area contributed by atoms with E-state index in [2.05, 4.69) is 0 Å². The predicted octanol–water partition coefficient (Wildman–Crippen LogP) is 3.32. The Balaban J connectivity index is 3.02. The number of anilines is 1. The molecule has 0 aliphatic heterocycles. The summed E-state index contributed by atoms with van der Waals surface area (Å²) in [6, 6.07) is 7.16. The maximum atomic E-state index is 12.2. The molecule has 0 fully saturated rings. The third kappa shape index (κ3) is 4.69. The Morgan fingerprint density at radius 2 is 1.95 bits per heavy atom. The summed E-state index contributed by atoms with van der Waals surface area (Å²) >= 11 is 5.94. The first kappa shape index (κ1) is 16.3. The number of para-hydroxylation sites is 1. The largest absolute Gasteiger partial charge is 0.373 e. The molecule has 1 atom stereocenters. The highest BCUT2D eigenvalue weighted by atomic mass is 35.5. The minimum absolute atomic E-state index is 0.0851. The van der Waals surface area contributed by atoms with Crippen molar-refractivity contribution < 1.29 is 8.42 Å². The molecule has 0 saturated carbocycles. The lowest BCUT2D eigenvalue weighted by molar-refractivity contribution is 0.594. The lowest BCUT2D eigenvalue weighted by Crippen LogP contribution is -2.23. The summed E-state index contributed by atoms with van der Waals surface area (Å²) in [6.07, 6.45) is 1.44. The molecule has 0 bridgehead atoms. The zero-order valence-corrected chi connectivity index (χ0v) is 13.3. The van der Waals surface area contributed by atoms with E-state index in [9.17, 15) is 8.42 Å². The van der Waals surface area contributed by atoms with Gasteiger partial charge in [0, 0.05) is 19.0 Å². The Bertz CT molecular complexity index is 500. The topological polar surface area (TPSA) is 37.4 Å². The molecule has 0 heterocycles. The van der Waals surface area contributed by atoms with Gasteiger partial charge in [-0.05, 0) is 31.9 Å². The normalized spacial score (nSPS) is 13.3. The van der Waals surface area contributed by atoms with Gasteiger partial charge >= 0.3 is 0 Å². The van der Waals surface area contributed by atoms with Crippen LogP contribution in [0.2, 0.25) is 0 Å². The van der Waals surface area contributed by atoms with Crippen LogP contribution in [0.15, 0.2) is 29.2 Å². The van der Waals surface area contributed by atoms with E-state index in [0.29, 0.717) is 11.3 Å². The van der Waals surface area contributed by atoms with E-state index < -0.39 is 9.84 Å². The minimum atomic E-state index is -3.20. The number of hydrogen-bond donors (Lipinski definition) is 0. The first-order valence-corrected chi connectivity index (χ1v) is 8.64. The average molecular weight is 304 g/mol. The van der Waals surface area contributed by atoms with Crippen LogP contribution >= 0.6 is 11.6 Å². The molecule has 1 unspecified atom stereocenters. The summed E-state index contributed by atoms with van der Waals surface area (Å²) in [5.41, 5.74) is 0.758. The Kier molecular flexibility index (Phi) is 6.14. The highest BCUT2D eigenvalue weighted by molar-refractivity contribution is 7.91. The van der Waals surface area contributed by atoms with E-state index in [1.54, 1.807) is 12.1 Å². The molecule has 108 valence electrons. The van der Waals surface area contributed by atoms with Crippen LogP contribution in [0.1, 0.15) is 26.7 Å². The highest BCUT2D eigenvalue weighted by Crippen LogP contribution is 2.26. The average Bonchev–Trinajstić information content (AvgIpc) is 2.36. The Morgan fingerprint density at radius 1 is 1.32 bits per heavy atom. The summed E-state index contributed by atoms with van der Waals surface area (Å²) in [5, 5.41) is 0.0851. The molecule has 0 radical (unpaired) electrons. The molecule has 0 N–H and O–H groups in total. The molecule has 0 aliphatic carbocycles. The zero-order chi connectivity index (χ0) is 14.5. The Labute approximate surface area is 121 Å².